The van der Waals surface area contributed by atoms with Crippen LogP contribution in [0.25, 0.3) is 0 Å². The van der Waals surface area contributed by atoms with E-state index in [0.717, 1.165) is 17.7 Å². The molecule has 0 bridgehead atoms. The van der Waals surface area contributed by atoms with Crippen LogP contribution in [0.4, 0.5) is 14.5 Å². The van der Waals surface area contributed by atoms with Gasteiger partial charge in [-0.3, -0.25) is 4.79 Å². The number of carbonyl (C=O) groups excluding carboxylic acids is 1. The first kappa shape index (κ1) is 15.8. The molecule has 0 heterocycles. The van der Waals surface area contributed by atoms with E-state index >= 15 is 0 Å². The van der Waals surface area contributed by atoms with E-state index in [1.807, 2.05) is 30.3 Å². The van der Waals surface area contributed by atoms with E-state index in [9.17, 15) is 13.6 Å². The quantitative estimate of drug-likeness (QED) is 0.611. The third-order valence-corrected chi connectivity index (χ3v) is 3.64. The summed E-state index contributed by atoms with van der Waals surface area (Å²) in [5, 5.41) is 2.39. The van der Waals surface area contributed by atoms with E-state index in [2.05, 4.69) is 5.32 Å². The fourth-order valence-electron chi connectivity index (χ4n) is 1.66. The Kier molecular flexibility index (Phi) is 5.63. The van der Waals surface area contributed by atoms with Crippen molar-refractivity contribution in [3.63, 3.8) is 0 Å². The molecule has 0 radical (unpaired) electrons. The topological polar surface area (TPSA) is 38.3 Å². The summed E-state index contributed by atoms with van der Waals surface area (Å²) in [6.07, 6.45) is 0. The van der Waals surface area contributed by atoms with Crippen molar-refractivity contribution >= 4 is 34.2 Å². The Hall–Kier alpha value is -1.54. The van der Waals surface area contributed by atoms with Gasteiger partial charge in [-0.2, -0.15) is 0 Å². The predicted molar refractivity (Wildman–Crippen MR) is 83.8 cm³/mol. The van der Waals surface area contributed by atoms with Gasteiger partial charge in [-0.25, -0.2) is 8.78 Å². The Bertz CT molecular complexity index is 612. The van der Waals surface area contributed by atoms with E-state index in [1.54, 1.807) is 22.6 Å². The monoisotopic (exact) mass is 403 g/mol. The minimum absolute atomic E-state index is 0.0683. The van der Waals surface area contributed by atoms with Crippen molar-refractivity contribution in [3.05, 3.63) is 63.2 Å². The van der Waals surface area contributed by atoms with Crippen LogP contribution >= 0.6 is 22.6 Å². The molecule has 1 N–H and O–H groups in total. The van der Waals surface area contributed by atoms with Gasteiger partial charge in [0.1, 0.15) is 18.2 Å². The molecule has 6 heteroatoms. The molecular weight excluding hydrogens is 391 g/mol. The van der Waals surface area contributed by atoms with E-state index in [0.29, 0.717) is 6.61 Å². The summed E-state index contributed by atoms with van der Waals surface area (Å²) in [7, 11) is 0. The highest BCUT2D eigenvalue weighted by Crippen LogP contribution is 2.20. The third kappa shape index (κ3) is 4.75. The summed E-state index contributed by atoms with van der Waals surface area (Å²) in [6, 6.07) is 11.5. The van der Waals surface area contributed by atoms with Gasteiger partial charge in [0.2, 0.25) is 5.91 Å². The maximum Gasteiger partial charge on any atom is 0.250 e. The van der Waals surface area contributed by atoms with E-state index in [1.165, 1.54) is 0 Å². The molecule has 0 fully saturated rings. The molecule has 2 aromatic carbocycles. The molecule has 1 amide bonds. The molecular formula is C15H12F2INO2. The second-order valence-corrected chi connectivity index (χ2v) is 5.36. The lowest BCUT2D eigenvalue weighted by Gasteiger charge is -2.07. The van der Waals surface area contributed by atoms with Gasteiger partial charge in [-0.05, 0) is 40.3 Å². The lowest BCUT2D eigenvalue weighted by molar-refractivity contribution is -0.121. The number of ether oxygens (including phenoxy) is 1. The smallest absolute Gasteiger partial charge is 0.250 e. The van der Waals surface area contributed by atoms with Gasteiger partial charge in [0.25, 0.3) is 0 Å². The summed E-state index contributed by atoms with van der Waals surface area (Å²) in [5.41, 5.74) is 1.01. The highest BCUT2D eigenvalue weighted by Gasteiger charge is 2.10. The van der Waals surface area contributed by atoms with Crippen molar-refractivity contribution in [1.82, 2.24) is 0 Å². The van der Waals surface area contributed by atoms with Crippen LogP contribution in [0.2, 0.25) is 0 Å². The lowest BCUT2D eigenvalue weighted by Crippen LogP contribution is -2.18. The van der Waals surface area contributed by atoms with E-state index in [4.69, 9.17) is 4.74 Å². The molecule has 21 heavy (non-hydrogen) atoms. The zero-order chi connectivity index (χ0) is 15.2. The number of hydrogen-bond donors (Lipinski definition) is 1. The molecule has 110 valence electrons. The molecule has 2 rings (SSSR count). The number of rotatable bonds is 5. The summed E-state index contributed by atoms with van der Waals surface area (Å²) >= 11 is 1.56. The van der Waals surface area contributed by atoms with Gasteiger partial charge in [0, 0.05) is 5.69 Å². The largest absolute Gasteiger partial charge is 0.367 e. The first-order valence-electron chi connectivity index (χ1n) is 6.12. The standard InChI is InChI=1S/C15H12F2INO2/c16-12-6-11(7-13(17)15(12)18)19-14(20)9-21-8-10-4-2-1-3-5-10/h1-7H,8-9H2,(H,19,20). The van der Waals surface area contributed by atoms with Crippen LogP contribution in [0.3, 0.4) is 0 Å². The van der Waals surface area contributed by atoms with Crippen LogP contribution < -0.4 is 5.32 Å². The normalized spacial score (nSPS) is 10.4. The third-order valence-electron chi connectivity index (χ3n) is 2.61. The van der Waals surface area contributed by atoms with Crippen LogP contribution in [0, 0.1) is 15.2 Å². The zero-order valence-corrected chi connectivity index (χ0v) is 13.1. The Morgan fingerprint density at radius 1 is 1.14 bits per heavy atom. The molecule has 0 atom stereocenters. The Balaban J connectivity index is 1.85. The molecule has 0 saturated carbocycles. The van der Waals surface area contributed by atoms with Gasteiger partial charge in [0.15, 0.2) is 0 Å². The summed E-state index contributed by atoms with van der Waals surface area (Å²) in [5.74, 6) is -1.89. The van der Waals surface area contributed by atoms with Crippen molar-refractivity contribution in [2.75, 3.05) is 11.9 Å². The van der Waals surface area contributed by atoms with Crippen molar-refractivity contribution in [1.29, 1.82) is 0 Å². The zero-order valence-electron chi connectivity index (χ0n) is 10.9. The fraction of sp³-hybridized carbons (Fsp3) is 0.133. The maximum atomic E-state index is 13.3. The molecule has 0 aliphatic carbocycles. The summed E-state index contributed by atoms with van der Waals surface area (Å²) < 4.78 is 31.8. The Labute approximate surface area is 134 Å². The first-order valence-corrected chi connectivity index (χ1v) is 7.20. The van der Waals surface area contributed by atoms with Gasteiger partial charge in [-0.1, -0.05) is 30.3 Å². The van der Waals surface area contributed by atoms with E-state index < -0.39 is 17.5 Å². The highest BCUT2D eigenvalue weighted by molar-refractivity contribution is 14.1. The van der Waals surface area contributed by atoms with Crippen LogP contribution in [-0.4, -0.2) is 12.5 Å². The average molecular weight is 403 g/mol. The highest BCUT2D eigenvalue weighted by atomic mass is 127. The van der Waals surface area contributed by atoms with Crippen molar-refractivity contribution in [3.8, 4) is 0 Å². The molecule has 0 aliphatic heterocycles. The number of hydrogen-bond acceptors (Lipinski definition) is 2. The number of nitrogens with one attached hydrogen (secondary N) is 1. The Morgan fingerprint density at radius 2 is 1.76 bits per heavy atom. The van der Waals surface area contributed by atoms with Crippen molar-refractivity contribution < 1.29 is 18.3 Å². The van der Waals surface area contributed by atoms with Crippen LogP contribution in [0.1, 0.15) is 5.56 Å². The lowest BCUT2D eigenvalue weighted by atomic mass is 10.2. The molecule has 0 unspecified atom stereocenters. The van der Waals surface area contributed by atoms with E-state index in [-0.39, 0.29) is 15.9 Å². The maximum absolute atomic E-state index is 13.3. The molecule has 2 aromatic rings. The van der Waals surface area contributed by atoms with Gasteiger partial charge in [0.05, 0.1) is 10.2 Å². The number of amides is 1. The number of benzene rings is 2. The first-order chi connectivity index (χ1) is 10.1. The second-order valence-electron chi connectivity index (χ2n) is 4.28. The molecule has 0 aliphatic rings. The minimum Gasteiger partial charge on any atom is -0.367 e. The van der Waals surface area contributed by atoms with Crippen LogP contribution in [-0.2, 0) is 16.1 Å². The van der Waals surface area contributed by atoms with Crippen molar-refractivity contribution in [2.24, 2.45) is 0 Å². The number of anilines is 1. The average Bonchev–Trinajstić information content (AvgIpc) is 2.46. The number of halogens is 3. The molecule has 3 nitrogen and oxygen atoms in total. The SMILES string of the molecule is O=C(COCc1ccccc1)Nc1cc(F)c(I)c(F)c1. The van der Waals surface area contributed by atoms with Crippen LogP contribution in [0.15, 0.2) is 42.5 Å². The second kappa shape index (κ2) is 7.46. The summed E-state index contributed by atoms with van der Waals surface area (Å²) in [6.45, 7) is 0.105. The van der Waals surface area contributed by atoms with Gasteiger partial charge >= 0.3 is 0 Å². The van der Waals surface area contributed by atoms with Crippen LogP contribution in [0.5, 0.6) is 0 Å². The fourth-order valence-corrected chi connectivity index (χ4v) is 1.97. The predicted octanol–water partition coefficient (Wildman–Crippen LogP) is 3.72. The number of carbonyl (C=O) groups is 1. The van der Waals surface area contributed by atoms with Gasteiger partial charge < -0.3 is 10.1 Å². The Morgan fingerprint density at radius 3 is 2.38 bits per heavy atom. The van der Waals surface area contributed by atoms with Gasteiger partial charge in [-0.15, -0.1) is 0 Å². The molecule has 0 saturated heterocycles. The summed E-state index contributed by atoms with van der Waals surface area (Å²) in [4.78, 5) is 11.6. The molecule has 0 aromatic heterocycles. The van der Waals surface area contributed by atoms with Crippen molar-refractivity contribution in [2.45, 2.75) is 6.61 Å². The molecule has 0 spiro atoms. The minimum atomic E-state index is -0.712.